The average Bonchev–Trinajstić information content (AvgIpc) is 3.60. The molecule has 1 aliphatic carbocycles. The summed E-state index contributed by atoms with van der Waals surface area (Å²) >= 11 is 0. The van der Waals surface area contributed by atoms with Gasteiger partial charge < -0.3 is 10.2 Å². The molecule has 1 heterocycles. The second kappa shape index (κ2) is 11.9. The van der Waals surface area contributed by atoms with Gasteiger partial charge in [0.2, 0.25) is 0 Å². The Morgan fingerprint density at radius 1 is 0.975 bits per heavy atom. The fourth-order valence-electron chi connectivity index (χ4n) is 5.29. The van der Waals surface area contributed by atoms with Gasteiger partial charge in [-0.3, -0.25) is 4.39 Å². The molecular formula is C26H28F7N3O3S. The summed E-state index contributed by atoms with van der Waals surface area (Å²) in [6, 6.07) is 0.615. The predicted molar refractivity (Wildman–Crippen MR) is 133 cm³/mol. The zero-order valence-corrected chi connectivity index (χ0v) is 22.0. The van der Waals surface area contributed by atoms with Gasteiger partial charge in [-0.2, -0.15) is 8.78 Å². The fraction of sp³-hybridized carbons (Fsp3) is 0.500. The third-order valence-electron chi connectivity index (χ3n) is 7.41. The van der Waals surface area contributed by atoms with Crippen molar-refractivity contribution in [1.29, 1.82) is 0 Å². The Kier molecular flexibility index (Phi) is 8.98. The molecule has 2 aliphatic rings. The van der Waals surface area contributed by atoms with E-state index in [9.17, 15) is 39.6 Å². The molecule has 2 amide bonds. The maximum absolute atomic E-state index is 15.7. The number of hydrogen-bond acceptors (Lipinski definition) is 3. The van der Waals surface area contributed by atoms with Crippen molar-refractivity contribution >= 4 is 16.1 Å². The van der Waals surface area contributed by atoms with Gasteiger partial charge in [-0.15, -0.1) is 0 Å². The van der Waals surface area contributed by atoms with E-state index in [4.69, 9.17) is 0 Å². The number of sulfonamides is 1. The molecule has 1 aliphatic heterocycles. The van der Waals surface area contributed by atoms with Crippen LogP contribution in [0.2, 0.25) is 0 Å². The summed E-state index contributed by atoms with van der Waals surface area (Å²) in [6.07, 6.45) is 1.58. The maximum Gasteiger partial charge on any atom is 0.350 e. The second-order valence-corrected chi connectivity index (χ2v) is 11.9. The Labute approximate surface area is 227 Å². The van der Waals surface area contributed by atoms with Crippen LogP contribution in [0.4, 0.5) is 35.5 Å². The number of unbranched alkanes of at least 4 members (excludes halogenated alkanes) is 2. The summed E-state index contributed by atoms with van der Waals surface area (Å²) in [4.78, 5) is 14.3. The number of nitrogens with one attached hydrogen (secondary N) is 2. The van der Waals surface area contributed by atoms with E-state index in [2.05, 4.69) is 5.32 Å². The van der Waals surface area contributed by atoms with Gasteiger partial charge in [0.05, 0.1) is 18.8 Å². The first-order valence-electron chi connectivity index (χ1n) is 12.7. The van der Waals surface area contributed by atoms with Gasteiger partial charge in [-0.1, -0.05) is 0 Å². The zero-order chi connectivity index (χ0) is 29.2. The molecule has 1 saturated carbocycles. The Morgan fingerprint density at radius 3 is 2.23 bits per heavy atom. The molecular weight excluding hydrogens is 567 g/mol. The van der Waals surface area contributed by atoms with Gasteiger partial charge in [-0.05, 0) is 73.9 Å². The van der Waals surface area contributed by atoms with Crippen molar-refractivity contribution in [3.8, 4) is 11.1 Å². The summed E-state index contributed by atoms with van der Waals surface area (Å²) in [6.45, 7) is -0.379. The molecule has 0 aromatic heterocycles. The van der Waals surface area contributed by atoms with Crippen molar-refractivity contribution in [3.05, 3.63) is 59.2 Å². The Hall–Kier alpha value is -2.87. The maximum atomic E-state index is 15.7. The Bertz CT molecular complexity index is 1340. The smallest absolute Gasteiger partial charge is 0.338 e. The monoisotopic (exact) mass is 595 g/mol. The van der Waals surface area contributed by atoms with Crippen LogP contribution in [0, 0.1) is 28.7 Å². The summed E-state index contributed by atoms with van der Waals surface area (Å²) in [5.41, 5.74) is -1.99. The number of halogens is 7. The second-order valence-electron chi connectivity index (χ2n) is 10.2. The number of rotatable bonds is 11. The van der Waals surface area contributed by atoms with E-state index in [-0.39, 0.29) is 24.2 Å². The van der Waals surface area contributed by atoms with Crippen molar-refractivity contribution < 1.29 is 43.9 Å². The van der Waals surface area contributed by atoms with E-state index < -0.39 is 81.2 Å². The molecule has 2 fully saturated rings. The highest BCUT2D eigenvalue weighted by molar-refractivity contribution is 7.89. The zero-order valence-electron chi connectivity index (χ0n) is 21.2. The highest BCUT2D eigenvalue weighted by Crippen LogP contribution is 2.55. The number of amides is 2. The Morgan fingerprint density at radius 2 is 1.62 bits per heavy atom. The van der Waals surface area contributed by atoms with Crippen LogP contribution in [0.1, 0.15) is 37.7 Å². The van der Waals surface area contributed by atoms with Crippen LogP contribution in [-0.4, -0.2) is 57.0 Å². The number of likely N-dealkylation sites (tertiary alicyclic amines) is 1. The van der Waals surface area contributed by atoms with Crippen molar-refractivity contribution in [2.75, 3.05) is 19.8 Å². The molecule has 40 heavy (non-hydrogen) atoms. The molecule has 0 unspecified atom stereocenters. The van der Waals surface area contributed by atoms with E-state index in [1.165, 1.54) is 4.90 Å². The van der Waals surface area contributed by atoms with Crippen LogP contribution in [0.5, 0.6) is 0 Å². The topological polar surface area (TPSA) is 78.5 Å². The van der Waals surface area contributed by atoms with Crippen LogP contribution >= 0.6 is 0 Å². The number of carbonyl (C=O) groups excluding carboxylic acids is 1. The summed E-state index contributed by atoms with van der Waals surface area (Å²) in [5.74, 6) is -7.85. The lowest BCUT2D eigenvalue weighted by Gasteiger charge is -2.30. The molecule has 0 bridgehead atoms. The lowest BCUT2D eigenvalue weighted by Crippen LogP contribution is -2.52. The van der Waals surface area contributed by atoms with Crippen LogP contribution < -0.4 is 10.0 Å². The number of alkyl halides is 3. The van der Waals surface area contributed by atoms with Gasteiger partial charge in [0.1, 0.15) is 23.3 Å². The highest BCUT2D eigenvalue weighted by Gasteiger charge is 2.61. The average molecular weight is 596 g/mol. The predicted octanol–water partition coefficient (Wildman–Crippen LogP) is 5.28. The molecule has 1 saturated heterocycles. The molecule has 2 N–H and O–H groups in total. The lowest BCUT2D eigenvalue weighted by molar-refractivity contribution is 0.187. The minimum Gasteiger partial charge on any atom is -0.338 e. The number of urea groups is 1. The van der Waals surface area contributed by atoms with Gasteiger partial charge in [-0.25, -0.2) is 35.5 Å². The van der Waals surface area contributed by atoms with E-state index in [0.29, 0.717) is 38.2 Å². The van der Waals surface area contributed by atoms with E-state index in [0.717, 1.165) is 24.3 Å². The first-order valence-corrected chi connectivity index (χ1v) is 14.3. The van der Waals surface area contributed by atoms with Gasteiger partial charge in [0.25, 0.3) is 10.0 Å². The van der Waals surface area contributed by atoms with Gasteiger partial charge >= 0.3 is 11.8 Å². The summed E-state index contributed by atoms with van der Waals surface area (Å²) in [5, 5.41) is 2.63. The number of hydrogen-bond donors (Lipinski definition) is 2. The van der Waals surface area contributed by atoms with Crippen molar-refractivity contribution in [2.45, 2.75) is 56.4 Å². The largest absolute Gasteiger partial charge is 0.350 e. The van der Waals surface area contributed by atoms with E-state index in [1.807, 2.05) is 4.72 Å². The first-order chi connectivity index (χ1) is 18.9. The third-order valence-corrected chi connectivity index (χ3v) is 8.46. The minimum absolute atomic E-state index is 0.0245. The summed E-state index contributed by atoms with van der Waals surface area (Å²) < 4.78 is 123. The SMILES string of the molecule is O=C(NCCCCCF)N1CC2(CC2)[C@H](NS(=O)(=O)C(F)F)[C@@H]1Cc1cc(F)cc(-c2cc(F)cc(F)c2)c1F. The number of carbonyl (C=O) groups is 1. The van der Waals surface area contributed by atoms with Crippen LogP contribution in [0.3, 0.4) is 0 Å². The van der Waals surface area contributed by atoms with Gasteiger partial charge in [0, 0.05) is 30.1 Å². The molecule has 1 spiro atoms. The molecule has 2 atom stereocenters. The Balaban J connectivity index is 1.69. The van der Waals surface area contributed by atoms with Crippen LogP contribution in [0.15, 0.2) is 30.3 Å². The number of benzene rings is 2. The lowest BCUT2D eigenvalue weighted by atomic mass is 9.91. The fourth-order valence-corrected chi connectivity index (χ4v) is 6.15. The van der Waals surface area contributed by atoms with Crippen LogP contribution in [-0.2, 0) is 16.4 Å². The quantitative estimate of drug-likeness (QED) is 0.274. The summed E-state index contributed by atoms with van der Waals surface area (Å²) in [7, 11) is -5.12. The van der Waals surface area contributed by atoms with E-state index >= 15 is 4.39 Å². The molecule has 14 heteroatoms. The highest BCUT2D eigenvalue weighted by atomic mass is 32.2. The van der Waals surface area contributed by atoms with Crippen LogP contribution in [0.25, 0.3) is 11.1 Å². The minimum atomic E-state index is -5.12. The first kappa shape index (κ1) is 30.1. The normalized spacial score (nSPS) is 19.9. The van der Waals surface area contributed by atoms with Gasteiger partial charge in [0.15, 0.2) is 0 Å². The standard InChI is InChI=1S/C26H28F7N3O3S/c27-6-2-1-3-7-34-25(37)36-14-26(4-5-26)23(35-40(38,39)24(32)33)21(36)11-16-10-19(30)13-20(22(16)31)15-8-17(28)12-18(29)9-15/h8-10,12-13,21,23-24,35H,1-7,11,14H2,(H,34,37)/t21-,23+/m0/s1. The molecule has 6 nitrogen and oxygen atoms in total. The third kappa shape index (κ3) is 6.54. The molecule has 220 valence electrons. The number of nitrogens with zero attached hydrogens (tertiary/aromatic N) is 1. The molecule has 2 aromatic carbocycles. The molecule has 0 radical (unpaired) electrons. The van der Waals surface area contributed by atoms with Crippen molar-refractivity contribution in [2.24, 2.45) is 5.41 Å². The molecule has 2 aromatic rings. The van der Waals surface area contributed by atoms with Crippen molar-refractivity contribution in [1.82, 2.24) is 14.9 Å². The molecule has 4 rings (SSSR count). The van der Waals surface area contributed by atoms with Crippen molar-refractivity contribution in [3.63, 3.8) is 0 Å². The van der Waals surface area contributed by atoms with E-state index in [1.54, 1.807) is 0 Å².